The van der Waals surface area contributed by atoms with E-state index in [-0.39, 0.29) is 0 Å². The van der Waals surface area contributed by atoms with Crippen LogP contribution in [-0.2, 0) is 17.6 Å². The van der Waals surface area contributed by atoms with Gasteiger partial charge in [-0.2, -0.15) is 0 Å². The summed E-state index contributed by atoms with van der Waals surface area (Å²) in [6.07, 6.45) is 6.38. The number of anilines is 1. The van der Waals surface area contributed by atoms with E-state index >= 15 is 0 Å². The van der Waals surface area contributed by atoms with E-state index in [1.807, 2.05) is 6.20 Å². The van der Waals surface area contributed by atoms with Crippen molar-refractivity contribution in [2.45, 2.75) is 19.3 Å². The van der Waals surface area contributed by atoms with Gasteiger partial charge in [-0.05, 0) is 30.7 Å². The van der Waals surface area contributed by atoms with Crippen LogP contribution in [0.25, 0.3) is 0 Å². The number of rotatable bonds is 3. The fourth-order valence-corrected chi connectivity index (χ4v) is 2.02. The van der Waals surface area contributed by atoms with Gasteiger partial charge < -0.3 is 10.5 Å². The van der Waals surface area contributed by atoms with E-state index in [1.165, 1.54) is 12.0 Å². The minimum absolute atomic E-state index is 0.370. The lowest BCUT2D eigenvalue weighted by atomic mass is 9.87. The van der Waals surface area contributed by atoms with Crippen molar-refractivity contribution in [1.29, 1.82) is 0 Å². The molecular formula is C11H16N4O. The van der Waals surface area contributed by atoms with E-state index in [2.05, 4.69) is 15.0 Å². The second kappa shape index (κ2) is 4.92. The first-order valence-electron chi connectivity index (χ1n) is 5.41. The predicted octanol–water partition coefficient (Wildman–Crippen LogP) is 0.838. The molecule has 1 heterocycles. The molecule has 2 N–H and O–H groups in total. The van der Waals surface area contributed by atoms with E-state index in [1.54, 1.807) is 7.11 Å². The van der Waals surface area contributed by atoms with E-state index in [9.17, 15) is 0 Å². The van der Waals surface area contributed by atoms with Crippen LogP contribution < -0.4 is 5.73 Å². The number of ether oxygens (including phenoxy) is 1. The molecule has 0 aliphatic heterocycles. The number of hydrogen-bond acceptors (Lipinski definition) is 5. The number of nitrogens with zero attached hydrogens (tertiary/aromatic N) is 3. The molecule has 5 heteroatoms. The minimum atomic E-state index is 0.370. The number of nitrogens with two attached hydrogens (primary N) is 1. The van der Waals surface area contributed by atoms with Gasteiger partial charge in [0.25, 0.3) is 0 Å². The molecule has 1 aromatic heterocycles. The van der Waals surface area contributed by atoms with Gasteiger partial charge in [0.15, 0.2) is 6.40 Å². The average Bonchev–Trinajstić information content (AvgIpc) is 2.29. The van der Waals surface area contributed by atoms with Crippen molar-refractivity contribution in [3.63, 3.8) is 0 Å². The molecule has 86 valence electrons. The quantitative estimate of drug-likeness (QED) is 0.605. The van der Waals surface area contributed by atoms with Crippen LogP contribution >= 0.6 is 0 Å². The zero-order valence-corrected chi connectivity index (χ0v) is 9.39. The van der Waals surface area contributed by atoms with Gasteiger partial charge in [0, 0.05) is 18.4 Å². The highest BCUT2D eigenvalue weighted by molar-refractivity contribution is 5.45. The third-order valence-electron chi connectivity index (χ3n) is 2.81. The minimum Gasteiger partial charge on any atom is -0.487 e. The number of aryl methyl sites for hydroxylation is 1. The Morgan fingerprint density at radius 2 is 2.56 bits per heavy atom. The van der Waals surface area contributed by atoms with Gasteiger partial charge in [0.2, 0.25) is 5.95 Å². The van der Waals surface area contributed by atoms with Crippen LogP contribution in [0.15, 0.2) is 11.2 Å². The topological polar surface area (TPSA) is 73.4 Å². The summed E-state index contributed by atoms with van der Waals surface area (Å²) in [5.41, 5.74) is 7.86. The van der Waals surface area contributed by atoms with E-state index in [4.69, 9.17) is 10.5 Å². The van der Waals surface area contributed by atoms with Crippen molar-refractivity contribution in [2.75, 3.05) is 19.4 Å². The van der Waals surface area contributed by atoms with Crippen LogP contribution in [0.4, 0.5) is 5.95 Å². The number of nitrogen functional groups attached to an aromatic ring is 1. The lowest BCUT2D eigenvalue weighted by Gasteiger charge is -2.21. The fourth-order valence-electron chi connectivity index (χ4n) is 2.02. The molecule has 5 nitrogen and oxygen atoms in total. The Morgan fingerprint density at radius 3 is 3.38 bits per heavy atom. The highest BCUT2D eigenvalue weighted by Gasteiger charge is 2.19. The molecule has 16 heavy (non-hydrogen) atoms. The zero-order valence-electron chi connectivity index (χ0n) is 9.39. The van der Waals surface area contributed by atoms with Gasteiger partial charge in [0.1, 0.15) is 0 Å². The first-order chi connectivity index (χ1) is 7.79. The van der Waals surface area contributed by atoms with Crippen LogP contribution in [0.2, 0.25) is 0 Å². The second-order valence-electron chi connectivity index (χ2n) is 4.02. The maximum atomic E-state index is 5.55. The number of fused-ring (bicyclic) bond motifs is 1. The number of aromatic nitrogens is 2. The summed E-state index contributed by atoms with van der Waals surface area (Å²) in [7, 11) is 1.61. The molecule has 0 amide bonds. The summed E-state index contributed by atoms with van der Waals surface area (Å²) in [5.74, 6) is 0.931. The summed E-state index contributed by atoms with van der Waals surface area (Å²) in [5, 5.41) is 0. The van der Waals surface area contributed by atoms with Gasteiger partial charge in [-0.15, -0.1) is 0 Å². The molecule has 1 aromatic rings. The van der Waals surface area contributed by atoms with Crippen molar-refractivity contribution in [3.8, 4) is 0 Å². The highest BCUT2D eigenvalue weighted by atomic mass is 16.5. The third-order valence-corrected chi connectivity index (χ3v) is 2.81. The second-order valence-corrected chi connectivity index (χ2v) is 4.02. The number of hydrogen-bond donors (Lipinski definition) is 1. The Kier molecular flexibility index (Phi) is 3.34. The number of methoxy groups -OCH3 is 1. The van der Waals surface area contributed by atoms with Gasteiger partial charge >= 0.3 is 0 Å². The van der Waals surface area contributed by atoms with Gasteiger partial charge in [-0.1, -0.05) is 0 Å². The molecule has 0 aromatic carbocycles. The molecule has 1 unspecified atom stereocenters. The largest absolute Gasteiger partial charge is 0.487 e. The Hall–Kier alpha value is -1.65. The summed E-state index contributed by atoms with van der Waals surface area (Å²) in [4.78, 5) is 12.5. The summed E-state index contributed by atoms with van der Waals surface area (Å²) < 4.78 is 4.79. The molecule has 1 aliphatic carbocycles. The van der Waals surface area contributed by atoms with Crippen LogP contribution in [0.5, 0.6) is 0 Å². The number of aliphatic imine (C=N–C) groups is 1. The molecular weight excluding hydrogens is 204 g/mol. The molecule has 0 radical (unpaired) electrons. The van der Waals surface area contributed by atoms with Crippen LogP contribution in [0.3, 0.4) is 0 Å². The van der Waals surface area contributed by atoms with Crippen LogP contribution in [0.1, 0.15) is 17.7 Å². The van der Waals surface area contributed by atoms with E-state index < -0.39 is 0 Å². The predicted molar refractivity (Wildman–Crippen MR) is 62.3 cm³/mol. The molecule has 0 spiro atoms. The van der Waals surface area contributed by atoms with E-state index in [0.717, 1.165) is 31.5 Å². The van der Waals surface area contributed by atoms with Gasteiger partial charge in [-0.25, -0.2) is 9.97 Å². The Balaban J connectivity index is 2.01. The van der Waals surface area contributed by atoms with Crippen LogP contribution in [-0.4, -0.2) is 30.0 Å². The smallest absolute Gasteiger partial charge is 0.220 e. The lowest BCUT2D eigenvalue weighted by molar-refractivity contribution is 0.411. The SMILES string of the molecule is COC=NCC1CCc2nc(N)ncc2C1. The summed E-state index contributed by atoms with van der Waals surface area (Å²) >= 11 is 0. The fraction of sp³-hybridized carbons (Fsp3) is 0.545. The van der Waals surface area contributed by atoms with Crippen molar-refractivity contribution in [3.05, 3.63) is 17.5 Å². The van der Waals surface area contributed by atoms with Crippen molar-refractivity contribution >= 4 is 12.3 Å². The maximum absolute atomic E-state index is 5.55. The zero-order chi connectivity index (χ0) is 11.4. The standard InChI is InChI=1S/C11H16N4O/c1-16-7-13-5-8-2-3-10-9(4-8)6-14-11(12)15-10/h6-8H,2-5H2,1H3,(H2,12,14,15). The average molecular weight is 220 g/mol. The summed E-state index contributed by atoms with van der Waals surface area (Å²) in [6, 6.07) is 0. The highest BCUT2D eigenvalue weighted by Crippen LogP contribution is 2.24. The monoisotopic (exact) mass is 220 g/mol. The molecule has 0 saturated heterocycles. The normalized spacial score (nSPS) is 19.7. The van der Waals surface area contributed by atoms with Gasteiger partial charge in [-0.3, -0.25) is 4.99 Å². The molecule has 2 rings (SSSR count). The van der Waals surface area contributed by atoms with Gasteiger partial charge in [0.05, 0.1) is 7.11 Å². The Morgan fingerprint density at radius 1 is 1.69 bits per heavy atom. The summed E-state index contributed by atoms with van der Waals surface area (Å²) in [6.45, 7) is 0.803. The van der Waals surface area contributed by atoms with Crippen molar-refractivity contribution in [2.24, 2.45) is 10.9 Å². The Bertz CT molecular complexity index is 392. The van der Waals surface area contributed by atoms with E-state index in [0.29, 0.717) is 11.9 Å². The Labute approximate surface area is 94.8 Å². The lowest BCUT2D eigenvalue weighted by Crippen LogP contribution is -2.19. The molecule has 0 bridgehead atoms. The first kappa shape index (κ1) is 10.9. The van der Waals surface area contributed by atoms with Crippen LogP contribution in [0, 0.1) is 5.92 Å². The third kappa shape index (κ3) is 2.48. The van der Waals surface area contributed by atoms with Crippen molar-refractivity contribution < 1.29 is 4.74 Å². The molecule has 0 fully saturated rings. The molecule has 1 atom stereocenters. The first-order valence-corrected chi connectivity index (χ1v) is 5.41. The maximum Gasteiger partial charge on any atom is 0.220 e. The molecule has 0 saturated carbocycles. The molecule has 1 aliphatic rings. The van der Waals surface area contributed by atoms with Crippen molar-refractivity contribution in [1.82, 2.24) is 9.97 Å².